The van der Waals surface area contributed by atoms with E-state index in [0.717, 1.165) is 13.0 Å². The number of hydrogen-bond donors (Lipinski definition) is 3. The quantitative estimate of drug-likeness (QED) is 0.719. The number of carbonyl (C=O) groups excluding carboxylic acids is 2. The second kappa shape index (κ2) is 8.77. The number of nitrogens with one attached hydrogen (secondary N) is 3. The normalized spacial score (nSPS) is 10.4. The first-order chi connectivity index (χ1) is 11.9. The summed E-state index contributed by atoms with van der Waals surface area (Å²) in [5, 5.41) is 8.56. The maximum Gasteiger partial charge on any atom is 0.258 e. The van der Waals surface area contributed by atoms with Gasteiger partial charge in [-0.15, -0.1) is 0 Å². The summed E-state index contributed by atoms with van der Waals surface area (Å²) >= 11 is 0. The van der Waals surface area contributed by atoms with Gasteiger partial charge in [-0.1, -0.05) is 13.8 Å². The summed E-state index contributed by atoms with van der Waals surface area (Å²) in [5.74, 6) is 0.684. The molecule has 2 rings (SSSR count). The fourth-order valence-corrected chi connectivity index (χ4v) is 2.05. The fraction of sp³-hybridized carbons (Fsp3) is 0.333. The van der Waals surface area contributed by atoms with Gasteiger partial charge in [0.05, 0.1) is 5.56 Å². The third-order valence-electron chi connectivity index (χ3n) is 3.38. The second-order valence-electron chi connectivity index (χ2n) is 6.12. The van der Waals surface area contributed by atoms with Crippen molar-refractivity contribution >= 4 is 29.1 Å². The zero-order chi connectivity index (χ0) is 18.2. The molecule has 1 aromatic heterocycles. The SMILES string of the molecule is CC(=O)Nc1ccc(NC(=O)c2cnc(NCCC(C)C)nc2)cc1. The highest BCUT2D eigenvalue weighted by molar-refractivity contribution is 6.04. The zero-order valence-corrected chi connectivity index (χ0v) is 14.7. The van der Waals surface area contributed by atoms with Crippen LogP contribution >= 0.6 is 0 Å². The largest absolute Gasteiger partial charge is 0.354 e. The predicted molar refractivity (Wildman–Crippen MR) is 98.7 cm³/mol. The first kappa shape index (κ1) is 18.4. The molecule has 0 saturated heterocycles. The minimum Gasteiger partial charge on any atom is -0.354 e. The van der Waals surface area contributed by atoms with Crippen molar-refractivity contribution in [1.82, 2.24) is 9.97 Å². The molecule has 25 heavy (non-hydrogen) atoms. The van der Waals surface area contributed by atoms with Crippen LogP contribution in [0, 0.1) is 5.92 Å². The molecule has 7 heteroatoms. The molecule has 0 saturated carbocycles. The molecule has 2 aromatic rings. The minimum absolute atomic E-state index is 0.143. The molecule has 0 aliphatic rings. The van der Waals surface area contributed by atoms with E-state index in [1.54, 1.807) is 24.3 Å². The number of rotatable bonds is 7. The van der Waals surface area contributed by atoms with E-state index in [1.807, 2.05) is 0 Å². The van der Waals surface area contributed by atoms with Crippen molar-refractivity contribution < 1.29 is 9.59 Å². The van der Waals surface area contributed by atoms with Crippen molar-refractivity contribution in [3.05, 3.63) is 42.2 Å². The van der Waals surface area contributed by atoms with Gasteiger partial charge in [0.25, 0.3) is 5.91 Å². The van der Waals surface area contributed by atoms with E-state index in [9.17, 15) is 9.59 Å². The molecule has 0 bridgehead atoms. The highest BCUT2D eigenvalue weighted by Crippen LogP contribution is 2.14. The Labute approximate surface area is 147 Å². The zero-order valence-electron chi connectivity index (χ0n) is 14.7. The third-order valence-corrected chi connectivity index (χ3v) is 3.38. The van der Waals surface area contributed by atoms with E-state index in [4.69, 9.17) is 0 Å². The van der Waals surface area contributed by atoms with Crippen LogP contribution in [0.2, 0.25) is 0 Å². The number of nitrogens with zero attached hydrogens (tertiary/aromatic N) is 2. The molecule has 0 unspecified atom stereocenters. The molecule has 1 aromatic carbocycles. The summed E-state index contributed by atoms with van der Waals surface area (Å²) in [6.07, 6.45) is 4.01. The van der Waals surface area contributed by atoms with E-state index in [2.05, 4.69) is 39.8 Å². The van der Waals surface area contributed by atoms with Crippen LogP contribution in [0.3, 0.4) is 0 Å². The molecule has 0 aliphatic carbocycles. The molecular weight excluding hydrogens is 318 g/mol. The second-order valence-corrected chi connectivity index (χ2v) is 6.12. The first-order valence-electron chi connectivity index (χ1n) is 8.19. The van der Waals surface area contributed by atoms with Crippen LogP contribution in [-0.4, -0.2) is 28.3 Å². The molecule has 0 fully saturated rings. The molecule has 0 radical (unpaired) electrons. The average Bonchev–Trinajstić information content (AvgIpc) is 2.56. The topological polar surface area (TPSA) is 96.0 Å². The highest BCUT2D eigenvalue weighted by Gasteiger charge is 2.08. The van der Waals surface area contributed by atoms with Gasteiger partial charge in [-0.25, -0.2) is 9.97 Å². The number of amides is 2. The molecular formula is C18H23N5O2. The monoisotopic (exact) mass is 341 g/mol. The van der Waals surface area contributed by atoms with Crippen molar-refractivity contribution in [2.24, 2.45) is 5.92 Å². The van der Waals surface area contributed by atoms with Crippen LogP contribution < -0.4 is 16.0 Å². The summed E-state index contributed by atoms with van der Waals surface area (Å²) in [7, 11) is 0. The van der Waals surface area contributed by atoms with Crippen LogP contribution in [0.5, 0.6) is 0 Å². The lowest BCUT2D eigenvalue weighted by Crippen LogP contribution is -2.14. The Kier molecular flexibility index (Phi) is 6.45. The van der Waals surface area contributed by atoms with Crippen molar-refractivity contribution in [2.45, 2.75) is 27.2 Å². The van der Waals surface area contributed by atoms with Gasteiger partial charge in [-0.3, -0.25) is 9.59 Å². The summed E-state index contributed by atoms with van der Waals surface area (Å²) < 4.78 is 0. The number of aromatic nitrogens is 2. The third kappa shape index (κ3) is 6.21. The fourth-order valence-electron chi connectivity index (χ4n) is 2.05. The maximum absolute atomic E-state index is 12.2. The van der Waals surface area contributed by atoms with E-state index in [1.165, 1.54) is 19.3 Å². The highest BCUT2D eigenvalue weighted by atomic mass is 16.2. The van der Waals surface area contributed by atoms with Crippen LogP contribution in [0.4, 0.5) is 17.3 Å². The lowest BCUT2D eigenvalue weighted by Gasteiger charge is -2.08. The average molecular weight is 341 g/mol. The van der Waals surface area contributed by atoms with Crippen LogP contribution in [-0.2, 0) is 4.79 Å². The van der Waals surface area contributed by atoms with Gasteiger partial charge < -0.3 is 16.0 Å². The number of anilines is 3. The lowest BCUT2D eigenvalue weighted by atomic mass is 10.1. The Morgan fingerprint density at radius 2 is 1.56 bits per heavy atom. The molecule has 7 nitrogen and oxygen atoms in total. The van der Waals surface area contributed by atoms with Gasteiger partial charge in [0.2, 0.25) is 11.9 Å². The maximum atomic E-state index is 12.2. The summed E-state index contributed by atoms with van der Waals surface area (Å²) in [6, 6.07) is 6.86. The Bertz CT molecular complexity index is 711. The first-order valence-corrected chi connectivity index (χ1v) is 8.19. The summed E-state index contributed by atoms with van der Waals surface area (Å²) in [4.78, 5) is 31.5. The van der Waals surface area contributed by atoms with Gasteiger partial charge in [0.1, 0.15) is 0 Å². The van der Waals surface area contributed by atoms with Crippen LogP contribution in [0.1, 0.15) is 37.6 Å². The van der Waals surface area contributed by atoms with Gasteiger partial charge >= 0.3 is 0 Å². The van der Waals surface area contributed by atoms with Crippen LogP contribution in [0.25, 0.3) is 0 Å². The number of carbonyl (C=O) groups is 2. The Hall–Kier alpha value is -2.96. The van der Waals surface area contributed by atoms with Crippen molar-refractivity contribution in [3.8, 4) is 0 Å². The summed E-state index contributed by atoms with van der Waals surface area (Å²) in [6.45, 7) is 6.54. The minimum atomic E-state index is -0.291. The molecule has 0 spiro atoms. The van der Waals surface area contributed by atoms with Gasteiger partial charge in [0, 0.05) is 37.2 Å². The molecule has 0 atom stereocenters. The van der Waals surface area contributed by atoms with Gasteiger partial charge in [-0.2, -0.15) is 0 Å². The van der Waals surface area contributed by atoms with Crippen LogP contribution in [0.15, 0.2) is 36.7 Å². The Morgan fingerprint density at radius 3 is 2.08 bits per heavy atom. The van der Waals surface area contributed by atoms with Crippen molar-refractivity contribution in [3.63, 3.8) is 0 Å². The molecule has 2 amide bonds. The number of hydrogen-bond acceptors (Lipinski definition) is 5. The standard InChI is InChI=1S/C18H23N5O2/c1-12(2)8-9-19-18-20-10-14(11-21-18)17(25)23-16-6-4-15(5-7-16)22-13(3)24/h4-7,10-12H,8-9H2,1-3H3,(H,22,24)(H,23,25)(H,19,20,21). The molecule has 0 aliphatic heterocycles. The lowest BCUT2D eigenvalue weighted by molar-refractivity contribution is -0.114. The summed E-state index contributed by atoms with van der Waals surface area (Å²) in [5.41, 5.74) is 1.67. The molecule has 132 valence electrons. The van der Waals surface area contributed by atoms with E-state index >= 15 is 0 Å². The number of benzene rings is 1. The predicted octanol–water partition coefficient (Wildman–Crippen LogP) is 3.15. The Morgan fingerprint density at radius 1 is 1.00 bits per heavy atom. The van der Waals surface area contributed by atoms with Crippen molar-refractivity contribution in [1.29, 1.82) is 0 Å². The van der Waals surface area contributed by atoms with Gasteiger partial charge in [0.15, 0.2) is 0 Å². The van der Waals surface area contributed by atoms with E-state index < -0.39 is 0 Å². The van der Waals surface area contributed by atoms with E-state index in [-0.39, 0.29) is 11.8 Å². The van der Waals surface area contributed by atoms with Gasteiger partial charge in [-0.05, 0) is 36.6 Å². The molecule has 1 heterocycles. The smallest absolute Gasteiger partial charge is 0.258 e. The van der Waals surface area contributed by atoms with E-state index in [0.29, 0.717) is 28.8 Å². The van der Waals surface area contributed by atoms with Crippen molar-refractivity contribution in [2.75, 3.05) is 22.5 Å². The Balaban J connectivity index is 1.90. The molecule has 3 N–H and O–H groups in total.